The zero-order valence-electron chi connectivity index (χ0n) is 11.1. The van der Waals surface area contributed by atoms with Crippen molar-refractivity contribution in [2.24, 2.45) is 0 Å². The Morgan fingerprint density at radius 2 is 2.05 bits per heavy atom. The van der Waals surface area contributed by atoms with Crippen LogP contribution in [0.3, 0.4) is 0 Å². The van der Waals surface area contributed by atoms with Crippen molar-refractivity contribution in [3.05, 3.63) is 23.8 Å². The highest BCUT2D eigenvalue weighted by molar-refractivity contribution is 7.94. The Morgan fingerprint density at radius 3 is 2.67 bits per heavy atom. The molecule has 0 saturated heterocycles. The molecule has 0 bridgehead atoms. The van der Waals surface area contributed by atoms with Crippen LogP contribution in [-0.4, -0.2) is 29.6 Å². The van der Waals surface area contributed by atoms with Crippen LogP contribution in [0.2, 0.25) is 0 Å². The molecule has 1 aromatic carbocycles. The molecule has 0 aliphatic heterocycles. The zero-order valence-corrected chi connectivity index (χ0v) is 12.7. The van der Waals surface area contributed by atoms with E-state index in [1.807, 2.05) is 0 Å². The summed E-state index contributed by atoms with van der Waals surface area (Å²) in [5.41, 5.74) is 0.830. The van der Waals surface area contributed by atoms with Crippen molar-refractivity contribution in [1.29, 1.82) is 0 Å². The number of aromatic hydroxyl groups is 1. The highest BCUT2D eigenvalue weighted by Gasteiger charge is 2.21. The fourth-order valence-electron chi connectivity index (χ4n) is 1.39. The van der Waals surface area contributed by atoms with Crippen LogP contribution in [0.15, 0.2) is 22.5 Å². The number of nitrogens with one attached hydrogen (secondary N) is 2. The van der Waals surface area contributed by atoms with Crippen LogP contribution in [0, 0.1) is 6.92 Å². The van der Waals surface area contributed by atoms with Gasteiger partial charge in [0.1, 0.15) is 5.75 Å². The number of phenols is 1. The van der Waals surface area contributed by atoms with E-state index in [0.717, 1.165) is 11.3 Å². The number of nitrogens with zero attached hydrogens (tertiary/aromatic N) is 2. The maximum absolute atomic E-state index is 12.1. The molecule has 1 heterocycles. The standard InChI is InChI=1S/C11H12N4O4S2/c1-6-3-4-8(5-9(6)17)15-21(18,19)11-14-13-10(20-11)12-7(2)16/h3-5,15,17H,1-2H3,(H,12,13,16). The highest BCUT2D eigenvalue weighted by Crippen LogP contribution is 2.25. The van der Waals surface area contributed by atoms with Gasteiger partial charge in [-0.25, -0.2) is 0 Å². The Morgan fingerprint density at radius 1 is 1.33 bits per heavy atom. The Bertz CT molecular complexity index is 785. The molecule has 1 amide bonds. The second-order valence-corrected chi connectivity index (χ2v) is 6.99. The number of rotatable bonds is 4. The molecule has 112 valence electrons. The number of carbonyl (C=O) groups excluding carboxylic acids is 1. The second kappa shape index (κ2) is 5.66. The van der Waals surface area contributed by atoms with Gasteiger partial charge in [-0.1, -0.05) is 17.4 Å². The number of anilines is 2. The molecule has 3 N–H and O–H groups in total. The predicted molar refractivity (Wildman–Crippen MR) is 77.9 cm³/mol. The molecule has 1 aromatic heterocycles. The van der Waals surface area contributed by atoms with Gasteiger partial charge < -0.3 is 10.4 Å². The third-order valence-electron chi connectivity index (χ3n) is 2.38. The molecule has 10 heteroatoms. The van der Waals surface area contributed by atoms with E-state index in [2.05, 4.69) is 20.2 Å². The van der Waals surface area contributed by atoms with Crippen molar-refractivity contribution >= 4 is 38.1 Å². The summed E-state index contributed by atoms with van der Waals surface area (Å²) in [6.07, 6.45) is 0. The number of carbonyl (C=O) groups is 1. The second-order valence-electron chi connectivity index (χ2n) is 4.16. The minimum atomic E-state index is -3.93. The Labute approximate surface area is 124 Å². The van der Waals surface area contributed by atoms with Crippen LogP contribution >= 0.6 is 11.3 Å². The van der Waals surface area contributed by atoms with E-state index >= 15 is 0 Å². The van der Waals surface area contributed by atoms with Gasteiger partial charge in [0.05, 0.1) is 5.69 Å². The number of benzene rings is 1. The van der Waals surface area contributed by atoms with Gasteiger partial charge in [-0.2, -0.15) is 8.42 Å². The van der Waals surface area contributed by atoms with Gasteiger partial charge in [0, 0.05) is 13.0 Å². The molecule has 8 nitrogen and oxygen atoms in total. The zero-order chi connectivity index (χ0) is 15.6. The number of hydrogen-bond donors (Lipinski definition) is 3. The molecule has 0 spiro atoms. The first kappa shape index (κ1) is 15.2. The fourth-order valence-corrected chi connectivity index (χ4v) is 3.39. The molecule has 0 saturated carbocycles. The van der Waals surface area contributed by atoms with Gasteiger partial charge in [-0.3, -0.25) is 9.52 Å². The summed E-state index contributed by atoms with van der Waals surface area (Å²) in [5.74, 6) is -0.391. The first-order valence-corrected chi connectivity index (χ1v) is 8.01. The summed E-state index contributed by atoms with van der Waals surface area (Å²) in [6, 6.07) is 4.39. The number of hydrogen-bond acceptors (Lipinski definition) is 7. The number of aromatic nitrogens is 2. The van der Waals surface area contributed by atoms with Crippen LogP contribution in [0.25, 0.3) is 0 Å². The lowest BCUT2D eigenvalue weighted by Gasteiger charge is -2.06. The van der Waals surface area contributed by atoms with Gasteiger partial charge >= 0.3 is 0 Å². The molecular formula is C11H12N4O4S2. The van der Waals surface area contributed by atoms with Crippen molar-refractivity contribution in [2.45, 2.75) is 18.2 Å². The van der Waals surface area contributed by atoms with E-state index in [9.17, 15) is 18.3 Å². The topological polar surface area (TPSA) is 121 Å². The van der Waals surface area contributed by atoms with Gasteiger partial charge in [0.15, 0.2) is 0 Å². The molecule has 21 heavy (non-hydrogen) atoms. The predicted octanol–water partition coefficient (Wildman–Crippen LogP) is 1.31. The largest absolute Gasteiger partial charge is 0.508 e. The van der Waals surface area contributed by atoms with Gasteiger partial charge in [0.2, 0.25) is 11.0 Å². The van der Waals surface area contributed by atoms with E-state index in [1.165, 1.54) is 19.1 Å². The average molecular weight is 328 g/mol. The van der Waals surface area contributed by atoms with Crippen molar-refractivity contribution in [3.8, 4) is 5.75 Å². The van der Waals surface area contributed by atoms with E-state index in [-0.39, 0.29) is 26.8 Å². The summed E-state index contributed by atoms with van der Waals surface area (Å²) in [5, 5.41) is 19.1. The van der Waals surface area contributed by atoms with E-state index in [0.29, 0.717) is 5.56 Å². The lowest BCUT2D eigenvalue weighted by Crippen LogP contribution is -2.12. The quantitative estimate of drug-likeness (QED) is 0.728. The van der Waals surface area contributed by atoms with Crippen molar-refractivity contribution in [2.75, 3.05) is 10.0 Å². The lowest BCUT2D eigenvalue weighted by molar-refractivity contribution is -0.114. The number of aryl methyl sites for hydroxylation is 1. The van der Waals surface area contributed by atoms with E-state index in [1.54, 1.807) is 13.0 Å². The summed E-state index contributed by atoms with van der Waals surface area (Å²) in [4.78, 5) is 10.9. The summed E-state index contributed by atoms with van der Waals surface area (Å²) < 4.78 is 26.2. The monoisotopic (exact) mass is 328 g/mol. The van der Waals surface area contributed by atoms with E-state index in [4.69, 9.17) is 0 Å². The Balaban J connectivity index is 2.23. The molecule has 0 aliphatic carbocycles. The maximum Gasteiger partial charge on any atom is 0.291 e. The molecule has 2 rings (SSSR count). The van der Waals surface area contributed by atoms with Crippen molar-refractivity contribution in [1.82, 2.24) is 10.2 Å². The Kier molecular flexibility index (Phi) is 4.09. The molecular weight excluding hydrogens is 316 g/mol. The molecule has 0 unspecified atom stereocenters. The SMILES string of the molecule is CC(=O)Nc1nnc(S(=O)(=O)Nc2ccc(C)c(O)c2)s1. The molecule has 0 atom stereocenters. The van der Waals surface area contributed by atoms with Gasteiger partial charge in [-0.05, 0) is 18.6 Å². The van der Waals surface area contributed by atoms with Crippen LogP contribution in [0.4, 0.5) is 10.8 Å². The number of phenolic OH excluding ortho intramolecular Hbond substituents is 1. The Hall–Kier alpha value is -2.20. The summed E-state index contributed by atoms with van der Waals surface area (Å²) in [6.45, 7) is 2.97. The highest BCUT2D eigenvalue weighted by atomic mass is 32.2. The molecule has 0 fully saturated rings. The maximum atomic E-state index is 12.1. The van der Waals surface area contributed by atoms with Gasteiger partial charge in [-0.15, -0.1) is 10.2 Å². The minimum absolute atomic E-state index is 0.0219. The smallest absolute Gasteiger partial charge is 0.291 e. The van der Waals surface area contributed by atoms with Crippen LogP contribution < -0.4 is 10.0 Å². The summed E-state index contributed by atoms with van der Waals surface area (Å²) in [7, 11) is -3.93. The third kappa shape index (κ3) is 3.67. The lowest BCUT2D eigenvalue weighted by atomic mass is 10.2. The van der Waals surface area contributed by atoms with Crippen molar-refractivity contribution in [3.63, 3.8) is 0 Å². The first-order chi connectivity index (χ1) is 9.78. The van der Waals surface area contributed by atoms with Crippen LogP contribution in [0.5, 0.6) is 5.75 Å². The van der Waals surface area contributed by atoms with Gasteiger partial charge in [0.25, 0.3) is 14.4 Å². The average Bonchev–Trinajstić information content (AvgIpc) is 2.82. The first-order valence-electron chi connectivity index (χ1n) is 5.71. The normalized spacial score (nSPS) is 11.1. The molecule has 0 radical (unpaired) electrons. The van der Waals surface area contributed by atoms with Crippen LogP contribution in [0.1, 0.15) is 12.5 Å². The molecule has 0 aliphatic rings. The third-order valence-corrected chi connectivity index (χ3v) is 4.97. The number of amides is 1. The van der Waals surface area contributed by atoms with E-state index < -0.39 is 10.0 Å². The fraction of sp³-hybridized carbons (Fsp3) is 0.182. The number of sulfonamides is 1. The minimum Gasteiger partial charge on any atom is -0.508 e. The van der Waals surface area contributed by atoms with Crippen molar-refractivity contribution < 1.29 is 18.3 Å². The molecule has 2 aromatic rings. The van der Waals surface area contributed by atoms with Crippen LogP contribution in [-0.2, 0) is 14.8 Å². The summed E-state index contributed by atoms with van der Waals surface area (Å²) >= 11 is 0.728.